The molecule has 0 aromatic heterocycles. The number of rotatable bonds is 4. The van der Waals surface area contributed by atoms with Crippen LogP contribution >= 0.6 is 0 Å². The van der Waals surface area contributed by atoms with Gasteiger partial charge in [0.05, 0.1) is 5.92 Å². The third-order valence-electron chi connectivity index (χ3n) is 5.56. The predicted molar refractivity (Wildman–Crippen MR) is 81.2 cm³/mol. The van der Waals surface area contributed by atoms with Crippen LogP contribution in [0.4, 0.5) is 0 Å². The summed E-state index contributed by atoms with van der Waals surface area (Å²) in [6, 6.07) is 9.74. The summed E-state index contributed by atoms with van der Waals surface area (Å²) in [6.07, 6.45) is 3.57. The molecule has 1 N–H and O–H groups in total. The van der Waals surface area contributed by atoms with Crippen LogP contribution in [-0.4, -0.2) is 35.0 Å². The minimum absolute atomic E-state index is 0.0826. The minimum atomic E-state index is -0.793. The summed E-state index contributed by atoms with van der Waals surface area (Å²) in [7, 11) is 0. The van der Waals surface area contributed by atoms with Crippen LogP contribution in [0.3, 0.4) is 0 Å². The van der Waals surface area contributed by atoms with Gasteiger partial charge in [-0.2, -0.15) is 0 Å². The molecule has 0 radical (unpaired) electrons. The Labute approximate surface area is 130 Å². The zero-order chi connectivity index (χ0) is 15.3. The van der Waals surface area contributed by atoms with Crippen molar-refractivity contribution in [2.75, 3.05) is 13.1 Å². The van der Waals surface area contributed by atoms with E-state index in [0.717, 1.165) is 17.9 Å². The Morgan fingerprint density at radius 1 is 1.05 bits per heavy atom. The number of carbonyl (C=O) groups excluding carboxylic acids is 1. The van der Waals surface area contributed by atoms with Crippen molar-refractivity contribution < 1.29 is 14.7 Å². The molecule has 0 bridgehead atoms. The molecule has 1 saturated heterocycles. The van der Waals surface area contributed by atoms with Crippen LogP contribution in [0.2, 0.25) is 0 Å². The van der Waals surface area contributed by atoms with Crippen LogP contribution < -0.4 is 0 Å². The van der Waals surface area contributed by atoms with E-state index in [0.29, 0.717) is 19.0 Å². The van der Waals surface area contributed by atoms with E-state index in [2.05, 4.69) is 0 Å². The summed E-state index contributed by atoms with van der Waals surface area (Å²) < 4.78 is 0. The molecule has 2 saturated carbocycles. The van der Waals surface area contributed by atoms with Crippen LogP contribution in [0.15, 0.2) is 30.3 Å². The molecule has 4 nitrogen and oxygen atoms in total. The first kappa shape index (κ1) is 13.8. The molecule has 4 heteroatoms. The molecule has 1 aromatic carbocycles. The summed E-state index contributed by atoms with van der Waals surface area (Å²) in [4.78, 5) is 26.0. The van der Waals surface area contributed by atoms with Gasteiger partial charge < -0.3 is 10.0 Å². The summed E-state index contributed by atoms with van der Waals surface area (Å²) in [5.41, 5.74) is 1.03. The van der Waals surface area contributed by atoms with E-state index in [-0.39, 0.29) is 17.7 Å². The lowest BCUT2D eigenvalue weighted by Crippen LogP contribution is -2.31. The first-order chi connectivity index (χ1) is 10.6. The van der Waals surface area contributed by atoms with Crippen LogP contribution in [-0.2, 0) is 9.59 Å². The van der Waals surface area contributed by atoms with E-state index in [9.17, 15) is 14.7 Å². The molecular weight excluding hydrogens is 278 g/mol. The van der Waals surface area contributed by atoms with Gasteiger partial charge in [-0.05, 0) is 36.7 Å². The molecule has 1 amide bonds. The first-order valence-electron chi connectivity index (χ1n) is 8.21. The van der Waals surface area contributed by atoms with Crippen molar-refractivity contribution in [3.63, 3.8) is 0 Å². The van der Waals surface area contributed by atoms with Gasteiger partial charge in [-0.15, -0.1) is 0 Å². The lowest BCUT2D eigenvalue weighted by Gasteiger charge is -2.16. The maximum Gasteiger partial charge on any atom is 0.308 e. The third-order valence-corrected chi connectivity index (χ3v) is 5.56. The SMILES string of the molecule is O=C(O)[C@@H]1CN(C(=O)C2CC2C2CC2)C[C@@H]1c1ccccc1. The Hall–Kier alpha value is -1.84. The fraction of sp³-hybridized carbons (Fsp3) is 0.556. The van der Waals surface area contributed by atoms with Gasteiger partial charge in [-0.3, -0.25) is 9.59 Å². The number of benzene rings is 1. The summed E-state index contributed by atoms with van der Waals surface area (Å²) in [6.45, 7) is 0.912. The van der Waals surface area contributed by atoms with Crippen LogP contribution in [0.5, 0.6) is 0 Å². The monoisotopic (exact) mass is 299 g/mol. The van der Waals surface area contributed by atoms with Gasteiger partial charge >= 0.3 is 5.97 Å². The Morgan fingerprint density at radius 2 is 1.77 bits per heavy atom. The highest BCUT2D eigenvalue weighted by molar-refractivity contribution is 5.83. The van der Waals surface area contributed by atoms with Gasteiger partial charge in [-0.25, -0.2) is 0 Å². The molecule has 1 heterocycles. The van der Waals surface area contributed by atoms with Gasteiger partial charge in [0.1, 0.15) is 0 Å². The first-order valence-corrected chi connectivity index (χ1v) is 8.21. The number of nitrogens with zero attached hydrogens (tertiary/aromatic N) is 1. The molecule has 2 aliphatic carbocycles. The number of carboxylic acids is 1. The molecular formula is C18H21NO3. The van der Waals surface area contributed by atoms with Crippen molar-refractivity contribution in [3.8, 4) is 0 Å². The zero-order valence-electron chi connectivity index (χ0n) is 12.5. The Morgan fingerprint density at radius 3 is 2.41 bits per heavy atom. The quantitative estimate of drug-likeness (QED) is 0.928. The molecule has 4 atom stereocenters. The van der Waals surface area contributed by atoms with Crippen molar-refractivity contribution in [1.82, 2.24) is 4.90 Å². The van der Waals surface area contributed by atoms with Gasteiger partial charge in [-0.1, -0.05) is 30.3 Å². The predicted octanol–water partition coefficient (Wildman–Crippen LogP) is 2.36. The molecule has 22 heavy (non-hydrogen) atoms. The Kier molecular flexibility index (Phi) is 3.21. The van der Waals surface area contributed by atoms with E-state index in [1.54, 1.807) is 0 Å². The second kappa shape index (κ2) is 5.11. The molecule has 3 fully saturated rings. The van der Waals surface area contributed by atoms with Crippen molar-refractivity contribution in [2.45, 2.75) is 25.2 Å². The smallest absolute Gasteiger partial charge is 0.308 e. The standard InChI is InChI=1S/C18H21NO3/c20-17(14-8-13(14)12-6-7-12)19-9-15(16(10-19)18(21)22)11-4-2-1-3-5-11/h1-5,12-16H,6-10H2,(H,21,22)/t13?,14?,15-,16-/m1/s1. The second-order valence-corrected chi connectivity index (χ2v) is 7.05. The van der Waals surface area contributed by atoms with Crippen LogP contribution in [0.25, 0.3) is 0 Å². The number of amides is 1. The van der Waals surface area contributed by atoms with E-state index >= 15 is 0 Å². The fourth-order valence-electron chi connectivity index (χ4n) is 4.05. The minimum Gasteiger partial charge on any atom is -0.481 e. The van der Waals surface area contributed by atoms with Gasteiger partial charge in [0.15, 0.2) is 0 Å². The van der Waals surface area contributed by atoms with E-state index in [1.807, 2.05) is 35.2 Å². The molecule has 0 spiro atoms. The highest BCUT2D eigenvalue weighted by atomic mass is 16.4. The lowest BCUT2D eigenvalue weighted by atomic mass is 9.89. The van der Waals surface area contributed by atoms with Gasteiger partial charge in [0.25, 0.3) is 0 Å². The zero-order valence-corrected chi connectivity index (χ0v) is 12.5. The number of carbonyl (C=O) groups is 2. The molecule has 1 aliphatic heterocycles. The second-order valence-electron chi connectivity index (χ2n) is 7.05. The van der Waals surface area contributed by atoms with Crippen molar-refractivity contribution in [2.24, 2.45) is 23.7 Å². The number of hydrogen-bond acceptors (Lipinski definition) is 2. The number of aliphatic carboxylic acids is 1. The summed E-state index contributed by atoms with van der Waals surface area (Å²) in [5.74, 6) is 0.380. The maximum atomic E-state index is 12.6. The van der Waals surface area contributed by atoms with Gasteiger partial charge in [0, 0.05) is 24.9 Å². The number of carboxylic acid groups (broad SMARTS) is 1. The van der Waals surface area contributed by atoms with E-state index < -0.39 is 11.9 Å². The Balaban J connectivity index is 1.49. The van der Waals surface area contributed by atoms with Gasteiger partial charge in [0.2, 0.25) is 5.91 Å². The fourth-order valence-corrected chi connectivity index (χ4v) is 4.05. The molecule has 116 valence electrons. The largest absolute Gasteiger partial charge is 0.481 e. The highest BCUT2D eigenvalue weighted by Crippen LogP contribution is 2.55. The normalized spacial score (nSPS) is 33.7. The van der Waals surface area contributed by atoms with E-state index in [4.69, 9.17) is 0 Å². The molecule has 4 rings (SSSR count). The lowest BCUT2D eigenvalue weighted by molar-refractivity contribution is -0.142. The highest BCUT2D eigenvalue weighted by Gasteiger charge is 2.53. The average Bonchev–Trinajstić information content (AvgIpc) is 3.42. The van der Waals surface area contributed by atoms with Crippen LogP contribution in [0.1, 0.15) is 30.7 Å². The average molecular weight is 299 g/mol. The maximum absolute atomic E-state index is 12.6. The van der Waals surface area contributed by atoms with Crippen molar-refractivity contribution in [3.05, 3.63) is 35.9 Å². The molecule has 2 unspecified atom stereocenters. The summed E-state index contributed by atoms with van der Waals surface area (Å²) >= 11 is 0. The van der Waals surface area contributed by atoms with Crippen LogP contribution in [0, 0.1) is 23.7 Å². The summed E-state index contributed by atoms with van der Waals surface area (Å²) in [5, 5.41) is 9.51. The number of likely N-dealkylation sites (tertiary alicyclic amines) is 1. The van der Waals surface area contributed by atoms with E-state index in [1.165, 1.54) is 12.8 Å². The third kappa shape index (κ3) is 2.40. The molecule has 3 aliphatic rings. The van der Waals surface area contributed by atoms with Crippen molar-refractivity contribution in [1.29, 1.82) is 0 Å². The molecule has 1 aromatic rings. The topological polar surface area (TPSA) is 57.6 Å². The number of hydrogen-bond donors (Lipinski definition) is 1. The Bertz CT molecular complexity index is 596. The van der Waals surface area contributed by atoms with Crippen molar-refractivity contribution >= 4 is 11.9 Å².